The molecule has 0 unspecified atom stereocenters. The maximum atomic E-state index is 14.2. The van der Waals surface area contributed by atoms with Crippen LogP contribution in [0.25, 0.3) is 5.65 Å². The molecular formula is C15H13F2N5O5S. The normalized spacial score (nSPS) is 11.4. The van der Waals surface area contributed by atoms with E-state index in [9.17, 15) is 22.0 Å². The number of fused-ring (bicyclic) bond motifs is 1. The summed E-state index contributed by atoms with van der Waals surface area (Å²) in [5.74, 6) is -2.93. The first-order valence-corrected chi connectivity index (χ1v) is 9.21. The standard InChI is InChI=1S/C15H13F2N5O5S/c1-3-27-15-18-10(17)7-11-19-14(20-22(11)15)28(24,25)21-12-8(13(23)26-2)5-4-6-9(12)16/h4-7,21H,3H2,1-2H3. The van der Waals surface area contributed by atoms with Crippen LogP contribution in [0.1, 0.15) is 17.3 Å². The van der Waals surface area contributed by atoms with Crippen LogP contribution in [0.4, 0.5) is 14.5 Å². The highest BCUT2D eigenvalue weighted by Gasteiger charge is 2.27. The maximum Gasteiger partial charge on any atom is 0.340 e. The zero-order chi connectivity index (χ0) is 20.5. The van der Waals surface area contributed by atoms with E-state index >= 15 is 0 Å². The predicted molar refractivity (Wildman–Crippen MR) is 90.5 cm³/mol. The van der Waals surface area contributed by atoms with Crippen LogP contribution in [-0.4, -0.2) is 47.7 Å². The van der Waals surface area contributed by atoms with Gasteiger partial charge in [0.2, 0.25) is 5.95 Å². The summed E-state index contributed by atoms with van der Waals surface area (Å²) < 4.78 is 65.4. The van der Waals surface area contributed by atoms with Crippen LogP contribution >= 0.6 is 0 Å². The van der Waals surface area contributed by atoms with Crippen molar-refractivity contribution in [2.45, 2.75) is 12.1 Å². The number of aromatic nitrogens is 4. The number of rotatable bonds is 6. The second-order valence-electron chi connectivity index (χ2n) is 5.22. The van der Waals surface area contributed by atoms with Crippen molar-refractivity contribution in [1.29, 1.82) is 0 Å². The lowest BCUT2D eigenvalue weighted by atomic mass is 10.2. The highest BCUT2D eigenvalue weighted by atomic mass is 32.2. The molecule has 148 valence electrons. The quantitative estimate of drug-likeness (QED) is 0.475. The molecule has 0 aliphatic heterocycles. The average Bonchev–Trinajstić information content (AvgIpc) is 3.08. The molecule has 2 aromatic heterocycles. The van der Waals surface area contributed by atoms with E-state index < -0.39 is 38.6 Å². The minimum Gasteiger partial charge on any atom is -0.465 e. The molecule has 0 bridgehead atoms. The molecule has 10 nitrogen and oxygen atoms in total. The second-order valence-corrected chi connectivity index (χ2v) is 6.79. The van der Waals surface area contributed by atoms with Crippen LogP contribution in [-0.2, 0) is 14.8 Å². The fraction of sp³-hybridized carbons (Fsp3) is 0.200. The molecular weight excluding hydrogens is 400 g/mol. The predicted octanol–water partition coefficient (Wildman–Crippen LogP) is 1.39. The number of para-hydroxylation sites is 1. The van der Waals surface area contributed by atoms with E-state index in [0.717, 1.165) is 23.8 Å². The minimum atomic E-state index is -4.55. The van der Waals surface area contributed by atoms with Crippen molar-refractivity contribution in [2.75, 3.05) is 18.4 Å². The third kappa shape index (κ3) is 3.55. The fourth-order valence-corrected chi connectivity index (χ4v) is 3.21. The molecule has 0 aliphatic rings. The number of hydrogen-bond acceptors (Lipinski definition) is 8. The Morgan fingerprint density at radius 1 is 1.29 bits per heavy atom. The van der Waals surface area contributed by atoms with Gasteiger partial charge < -0.3 is 9.47 Å². The van der Waals surface area contributed by atoms with Gasteiger partial charge in [-0.1, -0.05) is 6.07 Å². The number of hydrogen-bond donors (Lipinski definition) is 1. The van der Waals surface area contributed by atoms with Crippen molar-refractivity contribution in [3.63, 3.8) is 0 Å². The average molecular weight is 413 g/mol. The Bertz CT molecular complexity index is 1170. The number of nitrogens with zero attached hydrogens (tertiary/aromatic N) is 4. The molecule has 3 aromatic rings. The molecule has 0 saturated heterocycles. The summed E-state index contributed by atoms with van der Waals surface area (Å²) in [7, 11) is -3.49. The molecule has 0 spiro atoms. The summed E-state index contributed by atoms with van der Waals surface area (Å²) in [6.07, 6.45) is 0. The van der Waals surface area contributed by atoms with Gasteiger partial charge in [0.25, 0.3) is 15.2 Å². The Balaban J connectivity index is 2.08. The molecule has 2 heterocycles. The lowest BCUT2D eigenvalue weighted by Gasteiger charge is -2.10. The highest BCUT2D eigenvalue weighted by molar-refractivity contribution is 7.92. The van der Waals surface area contributed by atoms with Crippen molar-refractivity contribution in [1.82, 2.24) is 19.6 Å². The third-order valence-corrected chi connectivity index (χ3v) is 4.54. The molecule has 0 aliphatic carbocycles. The molecule has 28 heavy (non-hydrogen) atoms. The van der Waals surface area contributed by atoms with Crippen molar-refractivity contribution in [3.05, 3.63) is 41.6 Å². The number of nitrogens with one attached hydrogen (secondary N) is 1. The van der Waals surface area contributed by atoms with E-state index in [2.05, 4.69) is 19.8 Å². The number of carbonyl (C=O) groups excluding carboxylic acids is 1. The third-order valence-electron chi connectivity index (χ3n) is 3.41. The molecule has 3 rings (SSSR count). The van der Waals surface area contributed by atoms with Gasteiger partial charge in [-0.2, -0.15) is 27.3 Å². The summed E-state index contributed by atoms with van der Waals surface area (Å²) in [5, 5.41) is 2.92. The Hall–Kier alpha value is -3.35. The number of benzene rings is 1. The number of sulfonamides is 1. The lowest BCUT2D eigenvalue weighted by Crippen LogP contribution is -2.18. The zero-order valence-electron chi connectivity index (χ0n) is 14.5. The van der Waals surface area contributed by atoms with Crippen LogP contribution in [0.15, 0.2) is 29.4 Å². The van der Waals surface area contributed by atoms with E-state index in [1.807, 2.05) is 4.72 Å². The highest BCUT2D eigenvalue weighted by Crippen LogP contribution is 2.24. The molecule has 0 fully saturated rings. The molecule has 0 saturated carbocycles. The van der Waals surface area contributed by atoms with Crippen LogP contribution in [0.3, 0.4) is 0 Å². The molecule has 1 N–H and O–H groups in total. The van der Waals surface area contributed by atoms with Gasteiger partial charge in [-0.15, -0.1) is 5.10 Å². The van der Waals surface area contributed by atoms with Crippen LogP contribution < -0.4 is 9.46 Å². The maximum absolute atomic E-state index is 14.2. The lowest BCUT2D eigenvalue weighted by molar-refractivity contribution is 0.0601. The molecule has 1 aromatic carbocycles. The van der Waals surface area contributed by atoms with Gasteiger partial charge in [-0.3, -0.25) is 4.72 Å². The van der Waals surface area contributed by atoms with Gasteiger partial charge in [0.05, 0.1) is 25.0 Å². The first-order valence-electron chi connectivity index (χ1n) is 7.72. The van der Waals surface area contributed by atoms with E-state index in [1.165, 1.54) is 12.1 Å². The Labute approximate surface area is 157 Å². The monoisotopic (exact) mass is 413 g/mol. The number of carbonyl (C=O) groups is 1. The first-order chi connectivity index (χ1) is 13.3. The van der Waals surface area contributed by atoms with Gasteiger partial charge in [0.1, 0.15) is 5.82 Å². The first kappa shape index (κ1) is 19.4. The van der Waals surface area contributed by atoms with E-state index in [1.54, 1.807) is 6.92 Å². The smallest absolute Gasteiger partial charge is 0.340 e. The SMILES string of the molecule is CCOc1nc(F)cc2nc(S(=O)(=O)Nc3c(F)cccc3C(=O)OC)nn12. The number of ether oxygens (including phenoxy) is 2. The molecule has 0 amide bonds. The number of anilines is 1. The van der Waals surface area contributed by atoms with Crippen LogP contribution in [0, 0.1) is 11.8 Å². The topological polar surface area (TPSA) is 125 Å². The summed E-state index contributed by atoms with van der Waals surface area (Å²) in [6, 6.07) is 3.88. The van der Waals surface area contributed by atoms with Crippen molar-refractivity contribution >= 4 is 27.3 Å². The Morgan fingerprint density at radius 2 is 2.04 bits per heavy atom. The van der Waals surface area contributed by atoms with Crippen LogP contribution in [0.2, 0.25) is 0 Å². The molecule has 13 heteroatoms. The molecule has 0 radical (unpaired) electrons. The van der Waals surface area contributed by atoms with Gasteiger partial charge >= 0.3 is 12.0 Å². The van der Waals surface area contributed by atoms with E-state index in [0.29, 0.717) is 0 Å². The van der Waals surface area contributed by atoms with Crippen LogP contribution in [0.5, 0.6) is 6.01 Å². The van der Waals surface area contributed by atoms with Crippen molar-refractivity contribution in [2.24, 2.45) is 0 Å². The second kappa shape index (κ2) is 7.34. The Kier molecular flexibility index (Phi) is 5.09. The number of halogens is 2. The summed E-state index contributed by atoms with van der Waals surface area (Å²) in [5.41, 5.74) is -1.18. The Morgan fingerprint density at radius 3 is 2.71 bits per heavy atom. The van der Waals surface area contributed by atoms with Gasteiger partial charge in [-0.05, 0) is 19.1 Å². The summed E-state index contributed by atoms with van der Waals surface area (Å²) in [6.45, 7) is 1.73. The van der Waals surface area contributed by atoms with Crippen molar-refractivity contribution in [3.8, 4) is 6.01 Å². The van der Waals surface area contributed by atoms with Gasteiger partial charge in [0.15, 0.2) is 5.65 Å². The summed E-state index contributed by atoms with van der Waals surface area (Å²) >= 11 is 0. The van der Waals surface area contributed by atoms with Gasteiger partial charge in [0, 0.05) is 6.07 Å². The summed E-state index contributed by atoms with van der Waals surface area (Å²) in [4.78, 5) is 19.0. The number of methoxy groups -OCH3 is 1. The minimum absolute atomic E-state index is 0.115. The van der Waals surface area contributed by atoms with Crippen molar-refractivity contribution < 1.29 is 31.5 Å². The largest absolute Gasteiger partial charge is 0.465 e. The number of esters is 1. The van der Waals surface area contributed by atoms with E-state index in [4.69, 9.17) is 4.74 Å². The molecule has 0 atom stereocenters. The van der Waals surface area contributed by atoms with Gasteiger partial charge in [-0.25, -0.2) is 9.18 Å². The zero-order valence-corrected chi connectivity index (χ0v) is 15.3. The van der Waals surface area contributed by atoms with E-state index in [-0.39, 0.29) is 23.8 Å². The fourth-order valence-electron chi connectivity index (χ4n) is 2.24.